The van der Waals surface area contributed by atoms with Crippen LogP contribution in [-0.4, -0.2) is 72.0 Å². The molecule has 0 spiro atoms. The Bertz CT molecular complexity index is 1370. The first kappa shape index (κ1) is 29.2. The van der Waals surface area contributed by atoms with Crippen molar-refractivity contribution in [2.24, 2.45) is 0 Å². The van der Waals surface area contributed by atoms with Crippen LogP contribution in [0.1, 0.15) is 41.0 Å². The van der Waals surface area contributed by atoms with Crippen molar-refractivity contribution in [3.63, 3.8) is 0 Å². The number of piperazine rings is 1. The molecule has 1 aliphatic heterocycles. The van der Waals surface area contributed by atoms with Crippen LogP contribution in [0.3, 0.4) is 0 Å². The molecule has 2 aromatic carbocycles. The number of rotatable bonds is 5. The van der Waals surface area contributed by atoms with Crippen molar-refractivity contribution in [1.82, 2.24) is 20.1 Å². The SMILES string of the molecule is CCCOC(=O)N1CCN(C(=O)c2ccc3c(Cl)cc(-c4ccc(C(=O)NC)c(F)c4)nc3c2)[C@@H](C)C1.S. The second-order valence-corrected chi connectivity index (χ2v) is 9.31. The third kappa shape index (κ3) is 6.02. The lowest BCUT2D eigenvalue weighted by Gasteiger charge is -2.39. The van der Waals surface area contributed by atoms with E-state index in [1.807, 2.05) is 13.8 Å². The van der Waals surface area contributed by atoms with Crippen molar-refractivity contribution >= 4 is 53.9 Å². The molecular formula is C27H30ClFN4O4S. The summed E-state index contributed by atoms with van der Waals surface area (Å²) < 4.78 is 19.8. The lowest BCUT2D eigenvalue weighted by Crippen LogP contribution is -2.55. The molecule has 1 N–H and O–H groups in total. The second-order valence-electron chi connectivity index (χ2n) is 8.90. The summed E-state index contributed by atoms with van der Waals surface area (Å²) in [6, 6.07) is 10.7. The maximum absolute atomic E-state index is 14.5. The number of aromatic nitrogens is 1. The summed E-state index contributed by atoms with van der Waals surface area (Å²) in [6.45, 7) is 5.34. The monoisotopic (exact) mass is 560 g/mol. The predicted octanol–water partition coefficient (Wildman–Crippen LogP) is 4.86. The van der Waals surface area contributed by atoms with Crippen LogP contribution in [0.15, 0.2) is 42.5 Å². The molecular weight excluding hydrogens is 531 g/mol. The zero-order chi connectivity index (χ0) is 26.7. The Morgan fingerprint density at radius 2 is 1.92 bits per heavy atom. The van der Waals surface area contributed by atoms with E-state index in [0.717, 1.165) is 6.42 Å². The van der Waals surface area contributed by atoms with Gasteiger partial charge in [-0.05, 0) is 43.7 Å². The minimum absolute atomic E-state index is 0. The number of halogens is 2. The van der Waals surface area contributed by atoms with Gasteiger partial charge >= 0.3 is 6.09 Å². The first-order chi connectivity index (χ1) is 17.7. The number of ether oxygens (including phenoxy) is 1. The molecule has 0 saturated carbocycles. The average Bonchev–Trinajstić information content (AvgIpc) is 2.90. The van der Waals surface area contributed by atoms with Crippen LogP contribution in [0.25, 0.3) is 22.2 Å². The minimum Gasteiger partial charge on any atom is -0.449 e. The Morgan fingerprint density at radius 1 is 1.16 bits per heavy atom. The number of hydrogen-bond donors (Lipinski definition) is 1. The largest absolute Gasteiger partial charge is 0.449 e. The maximum atomic E-state index is 14.5. The molecule has 0 radical (unpaired) electrons. The summed E-state index contributed by atoms with van der Waals surface area (Å²) in [6.07, 6.45) is 0.384. The van der Waals surface area contributed by atoms with E-state index >= 15 is 0 Å². The molecule has 0 aliphatic carbocycles. The van der Waals surface area contributed by atoms with Gasteiger partial charge in [0.2, 0.25) is 0 Å². The number of hydrogen-bond acceptors (Lipinski definition) is 5. The number of fused-ring (bicyclic) bond motifs is 1. The quantitative estimate of drug-likeness (QED) is 0.481. The van der Waals surface area contributed by atoms with Crippen molar-refractivity contribution in [3.8, 4) is 11.3 Å². The van der Waals surface area contributed by atoms with E-state index in [-0.39, 0.29) is 37.1 Å². The molecule has 0 bridgehead atoms. The molecule has 202 valence electrons. The van der Waals surface area contributed by atoms with Crippen molar-refractivity contribution < 1.29 is 23.5 Å². The molecule has 3 amide bonds. The molecule has 8 nitrogen and oxygen atoms in total. The molecule has 1 saturated heterocycles. The smallest absolute Gasteiger partial charge is 0.409 e. The number of benzene rings is 2. The van der Waals surface area contributed by atoms with Crippen molar-refractivity contribution in [3.05, 3.63) is 64.4 Å². The van der Waals surface area contributed by atoms with Gasteiger partial charge in [-0.1, -0.05) is 30.7 Å². The van der Waals surface area contributed by atoms with Crippen LogP contribution in [0, 0.1) is 5.82 Å². The van der Waals surface area contributed by atoms with Gasteiger partial charge in [-0.2, -0.15) is 13.5 Å². The van der Waals surface area contributed by atoms with Gasteiger partial charge in [0.1, 0.15) is 5.82 Å². The molecule has 2 heterocycles. The minimum atomic E-state index is -0.675. The zero-order valence-electron chi connectivity index (χ0n) is 21.4. The first-order valence-electron chi connectivity index (χ1n) is 12.1. The number of nitrogens with zero attached hydrogens (tertiary/aromatic N) is 3. The molecule has 1 fully saturated rings. The number of nitrogens with one attached hydrogen (secondary N) is 1. The van der Waals surface area contributed by atoms with Gasteiger partial charge in [-0.3, -0.25) is 9.59 Å². The second kappa shape index (κ2) is 12.4. The molecule has 11 heteroatoms. The summed E-state index contributed by atoms with van der Waals surface area (Å²) in [5, 5.41) is 3.46. The summed E-state index contributed by atoms with van der Waals surface area (Å²) >= 11 is 6.50. The van der Waals surface area contributed by atoms with E-state index in [9.17, 15) is 18.8 Å². The number of amides is 3. The fourth-order valence-corrected chi connectivity index (χ4v) is 4.59. The van der Waals surface area contributed by atoms with E-state index < -0.39 is 11.7 Å². The molecule has 1 atom stereocenters. The van der Waals surface area contributed by atoms with E-state index in [1.54, 1.807) is 40.1 Å². The highest BCUT2D eigenvalue weighted by atomic mass is 35.5. The van der Waals surface area contributed by atoms with Gasteiger partial charge in [-0.15, -0.1) is 0 Å². The van der Waals surface area contributed by atoms with E-state index in [1.165, 1.54) is 19.2 Å². The lowest BCUT2D eigenvalue weighted by atomic mass is 10.0. The molecule has 38 heavy (non-hydrogen) atoms. The lowest BCUT2D eigenvalue weighted by molar-refractivity contribution is 0.0414. The highest BCUT2D eigenvalue weighted by Gasteiger charge is 2.31. The number of pyridine rings is 1. The van der Waals surface area contributed by atoms with Gasteiger partial charge in [-0.25, -0.2) is 14.2 Å². The van der Waals surface area contributed by atoms with Crippen molar-refractivity contribution in [1.29, 1.82) is 0 Å². The molecule has 0 unspecified atom stereocenters. The fraction of sp³-hybridized carbons (Fsp3) is 0.333. The Kier molecular flexibility index (Phi) is 9.56. The summed E-state index contributed by atoms with van der Waals surface area (Å²) in [4.78, 5) is 45.3. The summed E-state index contributed by atoms with van der Waals surface area (Å²) in [7, 11) is 1.43. The van der Waals surface area contributed by atoms with Crippen LogP contribution in [-0.2, 0) is 4.74 Å². The normalized spacial score (nSPS) is 15.1. The van der Waals surface area contributed by atoms with E-state index in [2.05, 4.69) is 10.3 Å². The zero-order valence-corrected chi connectivity index (χ0v) is 23.1. The topological polar surface area (TPSA) is 91.8 Å². The van der Waals surface area contributed by atoms with Crippen LogP contribution in [0.5, 0.6) is 0 Å². The highest BCUT2D eigenvalue weighted by Crippen LogP contribution is 2.30. The van der Waals surface area contributed by atoms with Gasteiger partial charge in [0, 0.05) is 49.2 Å². The molecule has 3 aromatic rings. The van der Waals surface area contributed by atoms with E-state index in [4.69, 9.17) is 16.3 Å². The van der Waals surface area contributed by atoms with Crippen molar-refractivity contribution in [2.75, 3.05) is 33.3 Å². The number of carbonyl (C=O) groups is 3. The Labute approximate surface area is 232 Å². The van der Waals surface area contributed by atoms with Gasteiger partial charge in [0.15, 0.2) is 0 Å². The third-order valence-corrected chi connectivity index (χ3v) is 6.63. The first-order valence-corrected chi connectivity index (χ1v) is 12.5. The standard InChI is InChI=1S/C27H28ClFN4O4.H2S/c1-4-11-37-27(36)32-9-10-33(16(2)15-32)26(35)18-6-7-19-21(28)14-23(31-24(19)13-18)17-5-8-20(22(29)12-17)25(34)30-3;/h5-8,12-14,16H,4,9-11,15H2,1-3H3,(H,30,34);1H2/t16-;/m0./s1. The van der Waals surface area contributed by atoms with Gasteiger partial charge in [0.25, 0.3) is 11.8 Å². The van der Waals surface area contributed by atoms with Gasteiger partial charge in [0.05, 0.1) is 28.4 Å². The molecule has 4 rings (SSSR count). The Balaban J connectivity index is 0.00000400. The van der Waals surface area contributed by atoms with E-state index in [0.29, 0.717) is 59.0 Å². The predicted molar refractivity (Wildman–Crippen MR) is 150 cm³/mol. The van der Waals surface area contributed by atoms with Crippen LogP contribution >= 0.6 is 25.1 Å². The number of carbonyl (C=O) groups excluding carboxylic acids is 3. The summed E-state index contributed by atoms with van der Waals surface area (Å²) in [5.41, 5.74) is 1.71. The summed E-state index contributed by atoms with van der Waals surface area (Å²) in [5.74, 6) is -1.38. The van der Waals surface area contributed by atoms with Crippen LogP contribution in [0.4, 0.5) is 9.18 Å². The van der Waals surface area contributed by atoms with Gasteiger partial charge < -0.3 is 19.9 Å². The maximum Gasteiger partial charge on any atom is 0.409 e. The fourth-order valence-electron chi connectivity index (χ4n) is 4.33. The van der Waals surface area contributed by atoms with Crippen LogP contribution < -0.4 is 5.32 Å². The highest BCUT2D eigenvalue weighted by molar-refractivity contribution is 7.59. The van der Waals surface area contributed by atoms with Crippen molar-refractivity contribution in [2.45, 2.75) is 26.3 Å². The Hall–Kier alpha value is -3.37. The molecule has 1 aliphatic rings. The Morgan fingerprint density at radius 3 is 2.58 bits per heavy atom. The molecule has 1 aromatic heterocycles. The third-order valence-electron chi connectivity index (χ3n) is 6.32. The van der Waals surface area contributed by atoms with Crippen LogP contribution in [0.2, 0.25) is 5.02 Å². The average molecular weight is 561 g/mol.